The van der Waals surface area contributed by atoms with Crippen molar-refractivity contribution in [3.05, 3.63) is 47.5 Å². The quantitative estimate of drug-likeness (QED) is 0.503. The number of pyridine rings is 1. The zero-order valence-corrected chi connectivity index (χ0v) is 20.6. The van der Waals surface area contributed by atoms with Crippen molar-refractivity contribution in [2.24, 2.45) is 0 Å². The Morgan fingerprint density at radius 1 is 1.09 bits per heavy atom. The van der Waals surface area contributed by atoms with Gasteiger partial charge in [0.15, 0.2) is 5.65 Å². The number of anilines is 2. The predicted octanol–water partition coefficient (Wildman–Crippen LogP) is 4.99. The van der Waals surface area contributed by atoms with Crippen LogP contribution in [0.25, 0.3) is 11.0 Å². The molecule has 0 radical (unpaired) electrons. The van der Waals surface area contributed by atoms with Crippen LogP contribution in [-0.4, -0.2) is 59.2 Å². The zero-order chi connectivity index (χ0) is 25.3. The second kappa shape index (κ2) is 9.85. The van der Waals surface area contributed by atoms with E-state index >= 15 is 0 Å². The van der Waals surface area contributed by atoms with Crippen molar-refractivity contribution in [1.82, 2.24) is 19.9 Å². The average molecular weight is 489 g/mol. The molecule has 2 aromatic heterocycles. The van der Waals surface area contributed by atoms with E-state index in [0.29, 0.717) is 35.7 Å². The minimum atomic E-state index is -3.28. The monoisotopic (exact) mass is 488 g/mol. The number of hydrogen-bond acceptors (Lipinski definition) is 7. The Balaban J connectivity index is 1.67. The first kappa shape index (κ1) is 25.0. The summed E-state index contributed by atoms with van der Waals surface area (Å²) in [5.74, 6) is -3.30. The van der Waals surface area contributed by atoms with Crippen molar-refractivity contribution in [3.8, 4) is 5.88 Å². The number of nitrogens with one attached hydrogen (secondary N) is 1. The molecule has 0 saturated carbocycles. The highest BCUT2D eigenvalue weighted by atomic mass is 19.3. The molecule has 0 bridgehead atoms. The normalized spacial score (nSPS) is 16.1. The predicted molar refractivity (Wildman–Crippen MR) is 131 cm³/mol. The van der Waals surface area contributed by atoms with Crippen LogP contribution >= 0.6 is 0 Å². The number of fused-ring (bicyclic) bond motifs is 1. The highest BCUT2D eigenvalue weighted by molar-refractivity contribution is 5.90. The van der Waals surface area contributed by atoms with Gasteiger partial charge in [0.05, 0.1) is 24.1 Å². The fourth-order valence-corrected chi connectivity index (χ4v) is 4.44. The Morgan fingerprint density at radius 3 is 2.43 bits per heavy atom. The largest absolute Gasteiger partial charge is 0.479 e. The van der Waals surface area contributed by atoms with Gasteiger partial charge in [0, 0.05) is 44.7 Å². The summed E-state index contributed by atoms with van der Waals surface area (Å²) < 4.78 is 48.2. The van der Waals surface area contributed by atoms with E-state index in [9.17, 15) is 13.2 Å². The maximum Gasteiger partial charge on any atom is 0.273 e. The summed E-state index contributed by atoms with van der Waals surface area (Å²) in [6.07, 6.45) is 1.36. The molecule has 7 nitrogen and oxygen atoms in total. The molecule has 10 heteroatoms. The van der Waals surface area contributed by atoms with Crippen molar-refractivity contribution in [3.63, 3.8) is 0 Å². The van der Waals surface area contributed by atoms with Crippen molar-refractivity contribution < 1.29 is 17.9 Å². The fraction of sp³-hybridized carbons (Fsp3) is 0.480. The first-order chi connectivity index (χ1) is 16.6. The average Bonchev–Trinajstić information content (AvgIpc) is 2.82. The van der Waals surface area contributed by atoms with Crippen LogP contribution < -0.4 is 15.0 Å². The third-order valence-electron chi connectivity index (χ3n) is 6.47. The summed E-state index contributed by atoms with van der Waals surface area (Å²) in [6, 6.07) is 5.80. The SMILES string of the molecule is COc1nc2ncnc(N[C@H](C)c3cccc(C(C)(F)F)c3F)c2cc1N1CCN(C(C)C)CC1. The Hall–Kier alpha value is -3.14. The van der Waals surface area contributed by atoms with Gasteiger partial charge in [-0.15, -0.1) is 0 Å². The highest BCUT2D eigenvalue weighted by Gasteiger charge is 2.30. The van der Waals surface area contributed by atoms with Crippen molar-refractivity contribution in [2.45, 2.75) is 45.7 Å². The number of piperazine rings is 1. The van der Waals surface area contributed by atoms with Crippen LogP contribution in [-0.2, 0) is 5.92 Å². The molecule has 1 fully saturated rings. The molecular weight excluding hydrogens is 457 g/mol. The third-order valence-corrected chi connectivity index (χ3v) is 6.47. The lowest BCUT2D eigenvalue weighted by Gasteiger charge is -2.38. The molecule has 1 N–H and O–H groups in total. The van der Waals surface area contributed by atoms with Gasteiger partial charge in [-0.25, -0.2) is 23.1 Å². The number of ether oxygens (including phenoxy) is 1. The van der Waals surface area contributed by atoms with E-state index in [1.54, 1.807) is 14.0 Å². The first-order valence-electron chi connectivity index (χ1n) is 11.7. The van der Waals surface area contributed by atoms with Gasteiger partial charge < -0.3 is 15.0 Å². The molecule has 3 heterocycles. The van der Waals surface area contributed by atoms with Gasteiger partial charge in [-0.2, -0.15) is 4.98 Å². The minimum absolute atomic E-state index is 0.127. The summed E-state index contributed by atoms with van der Waals surface area (Å²) in [5, 5.41) is 3.80. The summed E-state index contributed by atoms with van der Waals surface area (Å²) in [7, 11) is 1.57. The molecule has 188 valence electrons. The van der Waals surface area contributed by atoms with E-state index in [1.165, 1.54) is 18.5 Å². The summed E-state index contributed by atoms with van der Waals surface area (Å²) in [6.45, 7) is 10.2. The lowest BCUT2D eigenvalue weighted by molar-refractivity contribution is 0.0136. The molecule has 0 spiro atoms. The number of benzene rings is 1. The Labute approximate surface area is 203 Å². The van der Waals surface area contributed by atoms with Gasteiger partial charge in [-0.05, 0) is 26.8 Å². The van der Waals surface area contributed by atoms with E-state index in [4.69, 9.17) is 4.74 Å². The molecule has 1 aromatic carbocycles. The van der Waals surface area contributed by atoms with Crippen LogP contribution in [0.4, 0.5) is 24.7 Å². The maximum atomic E-state index is 14.9. The number of halogens is 3. The molecule has 1 atom stereocenters. The lowest BCUT2D eigenvalue weighted by Crippen LogP contribution is -2.49. The van der Waals surface area contributed by atoms with Crippen molar-refractivity contribution in [2.75, 3.05) is 43.5 Å². The third kappa shape index (κ3) is 5.12. The second-order valence-electron chi connectivity index (χ2n) is 9.19. The molecule has 0 amide bonds. The maximum absolute atomic E-state index is 14.9. The van der Waals surface area contributed by atoms with Crippen LogP contribution in [0, 0.1) is 5.82 Å². The van der Waals surface area contributed by atoms with E-state index in [1.807, 2.05) is 6.07 Å². The molecule has 4 rings (SSSR count). The van der Waals surface area contributed by atoms with Crippen molar-refractivity contribution >= 4 is 22.5 Å². The molecule has 0 unspecified atom stereocenters. The van der Waals surface area contributed by atoms with Gasteiger partial charge in [0.25, 0.3) is 5.92 Å². The summed E-state index contributed by atoms with van der Waals surface area (Å²) >= 11 is 0. The molecule has 0 aliphatic carbocycles. The number of aromatic nitrogens is 3. The Kier molecular flexibility index (Phi) is 7.02. The molecule has 1 aliphatic rings. The number of nitrogens with zero attached hydrogens (tertiary/aromatic N) is 5. The fourth-order valence-electron chi connectivity index (χ4n) is 4.44. The molecule has 1 saturated heterocycles. The first-order valence-corrected chi connectivity index (χ1v) is 11.7. The number of alkyl halides is 2. The van der Waals surface area contributed by atoms with Crippen LogP contribution in [0.1, 0.15) is 44.9 Å². The number of rotatable bonds is 7. The second-order valence-corrected chi connectivity index (χ2v) is 9.19. The van der Waals surface area contributed by atoms with E-state index in [-0.39, 0.29) is 5.56 Å². The Morgan fingerprint density at radius 2 is 1.80 bits per heavy atom. The van der Waals surface area contributed by atoms with Crippen LogP contribution in [0.15, 0.2) is 30.6 Å². The van der Waals surface area contributed by atoms with E-state index in [2.05, 4.69) is 43.9 Å². The molecule has 3 aromatic rings. The number of hydrogen-bond donors (Lipinski definition) is 1. The Bertz CT molecular complexity index is 1190. The van der Waals surface area contributed by atoms with Crippen LogP contribution in [0.5, 0.6) is 5.88 Å². The molecule has 35 heavy (non-hydrogen) atoms. The van der Waals surface area contributed by atoms with E-state index in [0.717, 1.165) is 37.9 Å². The van der Waals surface area contributed by atoms with E-state index < -0.39 is 23.3 Å². The van der Waals surface area contributed by atoms with Gasteiger partial charge in [0.2, 0.25) is 5.88 Å². The highest BCUT2D eigenvalue weighted by Crippen LogP contribution is 2.35. The topological polar surface area (TPSA) is 66.4 Å². The van der Waals surface area contributed by atoms with Gasteiger partial charge in [-0.3, -0.25) is 4.90 Å². The standard InChI is InChI=1S/C25H31F3N6O/c1-15(2)33-9-11-34(12-10-33)20-13-18-22(29-14-30-23(18)32-24(20)35-5)31-16(3)17-7-6-8-19(21(17)26)25(4,27)28/h6-8,13-16H,9-12H2,1-5H3,(H,29,30,31,32)/t16-/m1/s1. The van der Waals surface area contributed by atoms with Gasteiger partial charge >= 0.3 is 0 Å². The van der Waals surface area contributed by atoms with Crippen LogP contribution in [0.3, 0.4) is 0 Å². The summed E-state index contributed by atoms with van der Waals surface area (Å²) in [4.78, 5) is 17.8. The lowest BCUT2D eigenvalue weighted by atomic mass is 10.0. The van der Waals surface area contributed by atoms with Crippen molar-refractivity contribution in [1.29, 1.82) is 0 Å². The van der Waals surface area contributed by atoms with Crippen LogP contribution in [0.2, 0.25) is 0 Å². The van der Waals surface area contributed by atoms with Gasteiger partial charge in [-0.1, -0.05) is 18.2 Å². The minimum Gasteiger partial charge on any atom is -0.479 e. The summed E-state index contributed by atoms with van der Waals surface area (Å²) in [5.41, 5.74) is 0.742. The van der Waals surface area contributed by atoms with Gasteiger partial charge in [0.1, 0.15) is 23.6 Å². The molecular formula is C25H31F3N6O. The number of methoxy groups -OCH3 is 1. The molecule has 1 aliphatic heterocycles. The zero-order valence-electron chi connectivity index (χ0n) is 20.6. The smallest absolute Gasteiger partial charge is 0.273 e.